The highest BCUT2D eigenvalue weighted by molar-refractivity contribution is 7.99. The summed E-state index contributed by atoms with van der Waals surface area (Å²) in [7, 11) is 1.65. The molecule has 0 saturated carbocycles. The van der Waals surface area contributed by atoms with Crippen LogP contribution in [-0.2, 0) is 9.53 Å². The number of rotatable bonds is 4. The molecule has 1 aromatic carbocycles. The summed E-state index contributed by atoms with van der Waals surface area (Å²) in [5.74, 6) is 2.41. The number of benzene rings is 1. The van der Waals surface area contributed by atoms with Gasteiger partial charge in [0.1, 0.15) is 11.8 Å². The van der Waals surface area contributed by atoms with Gasteiger partial charge in [0, 0.05) is 17.5 Å². The second-order valence-corrected chi connectivity index (χ2v) is 5.41. The van der Waals surface area contributed by atoms with Gasteiger partial charge in [-0.15, -0.1) is 0 Å². The Hall–Kier alpha value is -1.20. The molecule has 1 aliphatic rings. The predicted octanol–water partition coefficient (Wildman–Crippen LogP) is 2.00. The third-order valence-electron chi connectivity index (χ3n) is 3.06. The minimum absolute atomic E-state index is 0.159. The van der Waals surface area contributed by atoms with E-state index in [4.69, 9.17) is 9.47 Å². The van der Waals surface area contributed by atoms with Gasteiger partial charge in [0.15, 0.2) is 0 Å². The lowest BCUT2D eigenvalue weighted by Gasteiger charge is -2.29. The van der Waals surface area contributed by atoms with Crippen molar-refractivity contribution in [1.82, 2.24) is 5.32 Å². The summed E-state index contributed by atoms with van der Waals surface area (Å²) in [4.78, 5) is 11.8. The van der Waals surface area contributed by atoms with E-state index in [0.29, 0.717) is 6.61 Å². The summed E-state index contributed by atoms with van der Waals surface area (Å²) < 4.78 is 10.2. The molecular weight excluding hydrogens is 262 g/mol. The molecule has 1 aliphatic heterocycles. The number of carbonyl (C=O) groups is 1. The van der Waals surface area contributed by atoms with E-state index in [1.54, 1.807) is 18.9 Å². The molecule has 2 atom stereocenters. The molecule has 2 rings (SSSR count). The fraction of sp³-hybridized carbons (Fsp3) is 0.500. The highest BCUT2D eigenvalue weighted by atomic mass is 32.2. The van der Waals surface area contributed by atoms with Crippen LogP contribution in [0.25, 0.3) is 0 Å². The average Bonchev–Trinajstić information content (AvgIpc) is 2.48. The van der Waals surface area contributed by atoms with Crippen molar-refractivity contribution in [2.45, 2.75) is 19.0 Å². The number of hydrogen-bond acceptors (Lipinski definition) is 5. The molecule has 0 amide bonds. The van der Waals surface area contributed by atoms with Gasteiger partial charge in [-0.05, 0) is 24.6 Å². The molecule has 1 aromatic rings. The van der Waals surface area contributed by atoms with Gasteiger partial charge in [-0.1, -0.05) is 12.1 Å². The lowest BCUT2D eigenvalue weighted by atomic mass is 10.1. The molecular formula is C14H19NO3S. The fourth-order valence-corrected chi connectivity index (χ4v) is 3.18. The molecule has 1 saturated heterocycles. The van der Waals surface area contributed by atoms with Crippen LogP contribution in [0, 0.1) is 0 Å². The monoisotopic (exact) mass is 281 g/mol. The standard InChI is InChI=1S/C14H19NO3S/c1-3-18-14(16)13-9-19-8-12(15-13)10-4-6-11(17-2)7-5-10/h4-7,12-13,15H,3,8-9H2,1-2H3/t12-,13+/m1/s1. The zero-order valence-corrected chi connectivity index (χ0v) is 12.0. The first-order valence-corrected chi connectivity index (χ1v) is 7.54. The van der Waals surface area contributed by atoms with E-state index in [9.17, 15) is 4.79 Å². The largest absolute Gasteiger partial charge is 0.497 e. The second-order valence-electron chi connectivity index (χ2n) is 4.33. The van der Waals surface area contributed by atoms with Gasteiger partial charge in [-0.3, -0.25) is 10.1 Å². The predicted molar refractivity (Wildman–Crippen MR) is 76.6 cm³/mol. The van der Waals surface area contributed by atoms with Crippen LogP contribution in [0.4, 0.5) is 0 Å². The third kappa shape index (κ3) is 3.64. The van der Waals surface area contributed by atoms with Gasteiger partial charge in [-0.25, -0.2) is 0 Å². The quantitative estimate of drug-likeness (QED) is 0.855. The Morgan fingerprint density at radius 1 is 1.37 bits per heavy atom. The Labute approximate surface area is 117 Å². The van der Waals surface area contributed by atoms with Crippen LogP contribution in [0.15, 0.2) is 24.3 Å². The summed E-state index contributed by atoms with van der Waals surface area (Å²) in [5.41, 5.74) is 1.17. The first-order chi connectivity index (χ1) is 9.24. The Balaban J connectivity index is 2.01. The normalized spacial score (nSPS) is 22.8. The topological polar surface area (TPSA) is 47.6 Å². The molecule has 19 heavy (non-hydrogen) atoms. The molecule has 0 aliphatic carbocycles. The SMILES string of the molecule is CCOC(=O)[C@@H]1CSC[C@H](c2ccc(OC)cc2)N1. The summed E-state index contributed by atoms with van der Waals surface area (Å²) in [5, 5.41) is 3.36. The maximum atomic E-state index is 11.8. The highest BCUT2D eigenvalue weighted by Crippen LogP contribution is 2.26. The van der Waals surface area contributed by atoms with Gasteiger partial charge in [0.2, 0.25) is 0 Å². The molecule has 0 aromatic heterocycles. The number of nitrogens with one attached hydrogen (secondary N) is 1. The third-order valence-corrected chi connectivity index (χ3v) is 4.20. The molecule has 1 N–H and O–H groups in total. The number of carbonyl (C=O) groups excluding carboxylic acids is 1. The number of hydrogen-bond donors (Lipinski definition) is 1. The number of esters is 1. The summed E-state index contributed by atoms with van der Waals surface area (Å²) in [6.07, 6.45) is 0. The van der Waals surface area contributed by atoms with Crippen molar-refractivity contribution >= 4 is 17.7 Å². The van der Waals surface area contributed by atoms with E-state index in [2.05, 4.69) is 5.32 Å². The second kappa shape index (κ2) is 6.82. The highest BCUT2D eigenvalue weighted by Gasteiger charge is 2.28. The minimum atomic E-state index is -0.217. The van der Waals surface area contributed by atoms with Crippen molar-refractivity contribution < 1.29 is 14.3 Å². The fourth-order valence-electron chi connectivity index (χ4n) is 2.05. The lowest BCUT2D eigenvalue weighted by Crippen LogP contribution is -2.46. The Morgan fingerprint density at radius 3 is 2.74 bits per heavy atom. The van der Waals surface area contributed by atoms with Gasteiger partial charge < -0.3 is 9.47 Å². The number of ether oxygens (including phenoxy) is 2. The minimum Gasteiger partial charge on any atom is -0.497 e. The van der Waals surface area contributed by atoms with Crippen LogP contribution in [0.1, 0.15) is 18.5 Å². The Bertz CT molecular complexity index is 421. The van der Waals surface area contributed by atoms with Crippen molar-refractivity contribution in [1.29, 1.82) is 0 Å². The van der Waals surface area contributed by atoms with Crippen molar-refractivity contribution in [2.75, 3.05) is 25.2 Å². The van der Waals surface area contributed by atoms with E-state index in [0.717, 1.165) is 17.3 Å². The first-order valence-electron chi connectivity index (χ1n) is 6.39. The van der Waals surface area contributed by atoms with Crippen molar-refractivity contribution in [2.24, 2.45) is 0 Å². The van der Waals surface area contributed by atoms with Crippen LogP contribution >= 0.6 is 11.8 Å². The maximum Gasteiger partial charge on any atom is 0.324 e. The molecule has 0 radical (unpaired) electrons. The van der Waals surface area contributed by atoms with Crippen molar-refractivity contribution in [3.63, 3.8) is 0 Å². The van der Waals surface area contributed by atoms with E-state index in [1.807, 2.05) is 31.2 Å². The van der Waals surface area contributed by atoms with E-state index < -0.39 is 0 Å². The van der Waals surface area contributed by atoms with E-state index in [1.165, 1.54) is 5.56 Å². The summed E-state index contributed by atoms with van der Waals surface area (Å²) in [6.45, 7) is 2.25. The molecule has 1 heterocycles. The molecule has 5 heteroatoms. The van der Waals surface area contributed by atoms with Crippen LogP contribution in [0.5, 0.6) is 5.75 Å². The van der Waals surface area contributed by atoms with Crippen LogP contribution in [-0.4, -0.2) is 37.2 Å². The molecule has 4 nitrogen and oxygen atoms in total. The van der Waals surface area contributed by atoms with Gasteiger partial charge in [-0.2, -0.15) is 11.8 Å². The van der Waals surface area contributed by atoms with Gasteiger partial charge >= 0.3 is 5.97 Å². The summed E-state index contributed by atoms with van der Waals surface area (Å²) in [6, 6.07) is 7.91. The Kier molecular flexibility index (Phi) is 5.10. The molecule has 104 valence electrons. The van der Waals surface area contributed by atoms with E-state index >= 15 is 0 Å². The lowest BCUT2D eigenvalue weighted by molar-refractivity contribution is -0.145. The van der Waals surface area contributed by atoms with Crippen molar-refractivity contribution in [3.8, 4) is 5.75 Å². The maximum absolute atomic E-state index is 11.8. The Morgan fingerprint density at radius 2 is 2.11 bits per heavy atom. The molecule has 0 bridgehead atoms. The number of thioether (sulfide) groups is 1. The first kappa shape index (κ1) is 14.2. The van der Waals surface area contributed by atoms with Crippen molar-refractivity contribution in [3.05, 3.63) is 29.8 Å². The zero-order chi connectivity index (χ0) is 13.7. The van der Waals surface area contributed by atoms with E-state index in [-0.39, 0.29) is 18.1 Å². The van der Waals surface area contributed by atoms with Gasteiger partial charge in [0.25, 0.3) is 0 Å². The van der Waals surface area contributed by atoms with Gasteiger partial charge in [0.05, 0.1) is 13.7 Å². The number of methoxy groups -OCH3 is 1. The van der Waals surface area contributed by atoms with Crippen LogP contribution in [0.2, 0.25) is 0 Å². The smallest absolute Gasteiger partial charge is 0.324 e. The zero-order valence-electron chi connectivity index (χ0n) is 11.2. The average molecular weight is 281 g/mol. The van der Waals surface area contributed by atoms with Crippen LogP contribution < -0.4 is 10.1 Å². The summed E-state index contributed by atoms with van der Waals surface area (Å²) >= 11 is 1.78. The molecule has 0 unspecified atom stereocenters. The molecule has 1 fully saturated rings. The van der Waals surface area contributed by atoms with Crippen LogP contribution in [0.3, 0.4) is 0 Å². The molecule has 0 spiro atoms.